The van der Waals surface area contributed by atoms with E-state index in [9.17, 15) is 4.39 Å². The molecule has 0 fully saturated rings. The molecule has 0 heterocycles. The molecule has 0 saturated carbocycles. The van der Waals surface area contributed by atoms with Crippen LogP contribution in [0.15, 0.2) is 48.5 Å². The van der Waals surface area contributed by atoms with E-state index in [0.29, 0.717) is 5.56 Å². The average molecular weight is 215 g/mol. The molecule has 0 radical (unpaired) electrons. The first-order valence-electron chi connectivity index (χ1n) is 5.29. The van der Waals surface area contributed by atoms with Crippen molar-refractivity contribution < 1.29 is 4.39 Å². The number of nitrogens with two attached hydrogens (primary N) is 1. The Bertz CT molecular complexity index is 477. The molecule has 0 amide bonds. The summed E-state index contributed by atoms with van der Waals surface area (Å²) < 4.78 is 13.7. The third-order valence-corrected chi connectivity index (χ3v) is 2.60. The van der Waals surface area contributed by atoms with Crippen LogP contribution in [-0.4, -0.2) is 0 Å². The molecule has 16 heavy (non-hydrogen) atoms. The van der Waals surface area contributed by atoms with Crippen LogP contribution >= 0.6 is 0 Å². The summed E-state index contributed by atoms with van der Waals surface area (Å²) in [4.78, 5) is 0. The monoisotopic (exact) mass is 215 g/mol. The fourth-order valence-corrected chi connectivity index (χ4v) is 1.67. The Morgan fingerprint density at radius 3 is 2.38 bits per heavy atom. The highest BCUT2D eigenvalue weighted by atomic mass is 19.1. The molecule has 0 saturated heterocycles. The Morgan fingerprint density at radius 2 is 1.75 bits per heavy atom. The highest BCUT2D eigenvalue weighted by Gasteiger charge is 2.07. The maximum atomic E-state index is 13.7. The molecule has 1 unspecified atom stereocenters. The fraction of sp³-hybridized carbons (Fsp3) is 0.143. The molecule has 82 valence electrons. The van der Waals surface area contributed by atoms with Crippen LogP contribution in [0.5, 0.6) is 0 Å². The van der Waals surface area contributed by atoms with Crippen molar-refractivity contribution in [2.45, 2.75) is 13.0 Å². The summed E-state index contributed by atoms with van der Waals surface area (Å²) in [5, 5.41) is 0. The predicted molar refractivity (Wildman–Crippen MR) is 64.4 cm³/mol. The first-order chi connectivity index (χ1) is 7.68. The van der Waals surface area contributed by atoms with E-state index in [1.165, 1.54) is 6.07 Å². The summed E-state index contributed by atoms with van der Waals surface area (Å²) in [5.74, 6) is -0.212. The lowest BCUT2D eigenvalue weighted by atomic mass is 10.00. The van der Waals surface area contributed by atoms with E-state index in [1.54, 1.807) is 6.07 Å². The Balaban J connectivity index is 2.52. The summed E-state index contributed by atoms with van der Waals surface area (Å²) in [7, 11) is 0. The lowest BCUT2D eigenvalue weighted by Crippen LogP contribution is -2.05. The van der Waals surface area contributed by atoms with Gasteiger partial charge in [-0.05, 0) is 30.2 Å². The molecule has 0 aromatic heterocycles. The van der Waals surface area contributed by atoms with E-state index in [2.05, 4.69) is 0 Å². The third kappa shape index (κ3) is 2.12. The van der Waals surface area contributed by atoms with Crippen molar-refractivity contribution in [2.75, 3.05) is 0 Å². The summed E-state index contributed by atoms with van der Waals surface area (Å²) in [6, 6.07) is 14.4. The van der Waals surface area contributed by atoms with Gasteiger partial charge in [-0.2, -0.15) is 0 Å². The second-order valence-electron chi connectivity index (χ2n) is 3.89. The van der Waals surface area contributed by atoms with E-state index in [0.717, 1.165) is 11.1 Å². The Labute approximate surface area is 94.7 Å². The number of hydrogen-bond donors (Lipinski definition) is 1. The summed E-state index contributed by atoms with van der Waals surface area (Å²) in [6.45, 7) is 1.89. The van der Waals surface area contributed by atoms with Gasteiger partial charge in [-0.25, -0.2) is 4.39 Å². The number of hydrogen-bond acceptors (Lipinski definition) is 1. The predicted octanol–water partition coefficient (Wildman–Crippen LogP) is 3.51. The van der Waals surface area contributed by atoms with Gasteiger partial charge in [0.05, 0.1) is 0 Å². The molecule has 2 heteroatoms. The van der Waals surface area contributed by atoms with Crippen LogP contribution in [-0.2, 0) is 0 Å². The van der Waals surface area contributed by atoms with Crippen molar-refractivity contribution in [1.29, 1.82) is 0 Å². The van der Waals surface area contributed by atoms with Crippen molar-refractivity contribution in [3.8, 4) is 11.1 Å². The molecule has 0 aliphatic heterocycles. The van der Waals surface area contributed by atoms with Gasteiger partial charge in [-0.15, -0.1) is 0 Å². The van der Waals surface area contributed by atoms with Gasteiger partial charge in [0.25, 0.3) is 0 Å². The summed E-state index contributed by atoms with van der Waals surface area (Å²) >= 11 is 0. The second-order valence-corrected chi connectivity index (χ2v) is 3.89. The standard InChI is InChI=1S/C14H14FN/c1-10(16)12-7-8-14(15)13(9-12)11-5-3-2-4-6-11/h2-10H,16H2,1H3. The van der Waals surface area contributed by atoms with Gasteiger partial charge in [0.15, 0.2) is 0 Å². The minimum atomic E-state index is -0.212. The molecule has 0 bridgehead atoms. The van der Waals surface area contributed by atoms with Crippen LogP contribution in [0.3, 0.4) is 0 Å². The quantitative estimate of drug-likeness (QED) is 0.815. The molecule has 1 nitrogen and oxygen atoms in total. The summed E-state index contributed by atoms with van der Waals surface area (Å²) in [5.41, 5.74) is 8.22. The molecule has 2 aromatic rings. The molecule has 0 spiro atoms. The van der Waals surface area contributed by atoms with Crippen molar-refractivity contribution in [3.05, 3.63) is 59.9 Å². The Kier molecular flexibility index (Phi) is 3.02. The molecule has 2 N–H and O–H groups in total. The van der Waals surface area contributed by atoms with E-state index in [1.807, 2.05) is 43.3 Å². The highest BCUT2D eigenvalue weighted by Crippen LogP contribution is 2.25. The topological polar surface area (TPSA) is 26.0 Å². The van der Waals surface area contributed by atoms with Gasteiger partial charge in [0.1, 0.15) is 5.82 Å². The Hall–Kier alpha value is -1.67. The van der Waals surface area contributed by atoms with Gasteiger partial charge in [0.2, 0.25) is 0 Å². The van der Waals surface area contributed by atoms with Crippen LogP contribution in [0.4, 0.5) is 4.39 Å². The maximum Gasteiger partial charge on any atom is 0.131 e. The second kappa shape index (κ2) is 4.45. The lowest BCUT2D eigenvalue weighted by molar-refractivity contribution is 0.629. The first-order valence-corrected chi connectivity index (χ1v) is 5.29. The number of rotatable bonds is 2. The van der Waals surface area contributed by atoms with Crippen LogP contribution in [0.1, 0.15) is 18.5 Å². The molecular weight excluding hydrogens is 201 g/mol. The van der Waals surface area contributed by atoms with Crippen molar-refractivity contribution in [2.24, 2.45) is 5.73 Å². The smallest absolute Gasteiger partial charge is 0.131 e. The number of benzene rings is 2. The lowest BCUT2D eigenvalue weighted by Gasteiger charge is -2.09. The van der Waals surface area contributed by atoms with Gasteiger partial charge in [-0.3, -0.25) is 0 Å². The van der Waals surface area contributed by atoms with Crippen LogP contribution in [0.25, 0.3) is 11.1 Å². The van der Waals surface area contributed by atoms with E-state index in [4.69, 9.17) is 5.73 Å². The fourth-order valence-electron chi connectivity index (χ4n) is 1.67. The molecule has 2 rings (SSSR count). The molecular formula is C14H14FN. The van der Waals surface area contributed by atoms with E-state index >= 15 is 0 Å². The van der Waals surface area contributed by atoms with Crippen molar-refractivity contribution in [1.82, 2.24) is 0 Å². The maximum absolute atomic E-state index is 13.7. The van der Waals surface area contributed by atoms with Gasteiger partial charge < -0.3 is 5.73 Å². The highest BCUT2D eigenvalue weighted by molar-refractivity contribution is 5.64. The average Bonchev–Trinajstić information content (AvgIpc) is 2.30. The molecule has 0 aliphatic rings. The Morgan fingerprint density at radius 1 is 1.06 bits per heavy atom. The summed E-state index contributed by atoms with van der Waals surface area (Å²) in [6.07, 6.45) is 0. The van der Waals surface area contributed by atoms with E-state index < -0.39 is 0 Å². The van der Waals surface area contributed by atoms with Crippen LogP contribution in [0, 0.1) is 5.82 Å². The minimum Gasteiger partial charge on any atom is -0.324 e. The van der Waals surface area contributed by atoms with Gasteiger partial charge in [-0.1, -0.05) is 36.4 Å². The van der Waals surface area contributed by atoms with Crippen LogP contribution < -0.4 is 5.73 Å². The van der Waals surface area contributed by atoms with Gasteiger partial charge in [0, 0.05) is 11.6 Å². The zero-order valence-electron chi connectivity index (χ0n) is 9.15. The first kappa shape index (κ1) is 10.8. The molecule has 2 aromatic carbocycles. The zero-order valence-corrected chi connectivity index (χ0v) is 9.15. The van der Waals surface area contributed by atoms with Crippen LogP contribution in [0.2, 0.25) is 0 Å². The number of halogens is 1. The minimum absolute atomic E-state index is 0.0805. The largest absolute Gasteiger partial charge is 0.324 e. The van der Waals surface area contributed by atoms with E-state index in [-0.39, 0.29) is 11.9 Å². The SMILES string of the molecule is CC(N)c1ccc(F)c(-c2ccccc2)c1. The van der Waals surface area contributed by atoms with Crippen molar-refractivity contribution >= 4 is 0 Å². The molecule has 1 atom stereocenters. The zero-order chi connectivity index (χ0) is 11.5. The third-order valence-electron chi connectivity index (χ3n) is 2.60. The normalized spacial score (nSPS) is 12.4. The van der Waals surface area contributed by atoms with Crippen molar-refractivity contribution in [3.63, 3.8) is 0 Å². The molecule has 0 aliphatic carbocycles. The van der Waals surface area contributed by atoms with Gasteiger partial charge >= 0.3 is 0 Å².